The molecule has 0 unspecified atom stereocenters. The summed E-state index contributed by atoms with van der Waals surface area (Å²) >= 11 is 0. The molecule has 0 fully saturated rings. The van der Waals surface area contributed by atoms with E-state index in [1.54, 1.807) is 24.3 Å². The average Bonchev–Trinajstić information content (AvgIpc) is 2.53. The van der Waals surface area contributed by atoms with E-state index in [9.17, 15) is 5.11 Å². The van der Waals surface area contributed by atoms with E-state index in [-0.39, 0.29) is 18.1 Å². The van der Waals surface area contributed by atoms with Gasteiger partial charge in [0.15, 0.2) is 4.98 Å². The Kier molecular flexibility index (Phi) is 2.04. The van der Waals surface area contributed by atoms with Crippen LogP contribution in [0.5, 0.6) is 5.88 Å². The zero-order chi connectivity index (χ0) is 10.8. The lowest BCUT2D eigenvalue weighted by molar-refractivity contribution is -0.276. The highest BCUT2D eigenvalue weighted by Gasteiger charge is 2.19. The maximum atomic E-state index is 11.7. The van der Waals surface area contributed by atoms with Crippen molar-refractivity contribution < 1.29 is 5.11 Å². The van der Waals surface area contributed by atoms with E-state index in [2.05, 4.69) is 10.9 Å². The van der Waals surface area contributed by atoms with E-state index in [4.69, 9.17) is 11.8 Å². The topological polar surface area (TPSA) is 56.1 Å². The lowest BCUT2D eigenvalue weighted by Crippen LogP contribution is -2.02. The van der Waals surface area contributed by atoms with Crippen molar-refractivity contribution in [3.8, 4) is 18.2 Å². The number of hydrogen-bond acceptors (Lipinski definition) is 2. The Morgan fingerprint density at radius 2 is 2.20 bits per heavy atom. The summed E-state index contributed by atoms with van der Waals surface area (Å²) in [6.45, 7) is 0.175. The molecule has 0 aliphatic carbocycles. The first-order chi connectivity index (χ1) is 7.29. The highest BCUT2D eigenvalue weighted by molar-refractivity contribution is 5.96. The summed E-state index contributed by atoms with van der Waals surface area (Å²) in [6.07, 6.45) is 5.17. The second-order valence-electron chi connectivity index (χ2n) is 3.06. The van der Waals surface area contributed by atoms with Crippen molar-refractivity contribution in [2.24, 2.45) is 0 Å². The van der Waals surface area contributed by atoms with Crippen molar-refractivity contribution in [1.29, 1.82) is 5.39 Å². The fourth-order valence-electron chi connectivity index (χ4n) is 1.61. The number of nitrogens with zero attached hydrogens (tertiary/aromatic N) is 3. The first kappa shape index (κ1) is 9.11. The van der Waals surface area contributed by atoms with Crippen LogP contribution >= 0.6 is 0 Å². The highest BCUT2D eigenvalue weighted by atomic mass is 16.3. The third-order valence-electron chi connectivity index (χ3n) is 2.25. The van der Waals surface area contributed by atoms with Crippen LogP contribution in [0.4, 0.5) is 5.69 Å². The van der Waals surface area contributed by atoms with Gasteiger partial charge >= 0.3 is 5.69 Å². The van der Waals surface area contributed by atoms with Crippen molar-refractivity contribution in [2.75, 3.05) is 0 Å². The molecule has 4 nitrogen and oxygen atoms in total. The summed E-state index contributed by atoms with van der Waals surface area (Å²) in [6, 6.07) is 7.06. The van der Waals surface area contributed by atoms with Gasteiger partial charge in [0.25, 0.3) is 0 Å². The Morgan fingerprint density at radius 3 is 2.87 bits per heavy atom. The summed E-state index contributed by atoms with van der Waals surface area (Å²) in [5, 5.41) is 21.1. The Labute approximate surface area is 86.4 Å². The van der Waals surface area contributed by atoms with Crippen LogP contribution in [0, 0.1) is 17.7 Å². The largest absolute Gasteiger partial charge is 0.854 e. The second-order valence-corrected chi connectivity index (χ2v) is 3.06. The quantitative estimate of drug-likeness (QED) is 0.517. The molecule has 15 heavy (non-hydrogen) atoms. The van der Waals surface area contributed by atoms with E-state index in [0.717, 1.165) is 0 Å². The molecule has 72 valence electrons. The van der Waals surface area contributed by atoms with Gasteiger partial charge in [-0.3, -0.25) is 0 Å². The van der Waals surface area contributed by atoms with E-state index in [1.807, 2.05) is 0 Å². The molecule has 0 saturated carbocycles. The minimum absolute atomic E-state index is 0.0425. The molecule has 1 aromatic carbocycles. The van der Waals surface area contributed by atoms with Crippen LogP contribution in [-0.4, -0.2) is 4.57 Å². The number of aromatic nitrogens is 1. The summed E-state index contributed by atoms with van der Waals surface area (Å²) in [7, 11) is 0. The zero-order valence-electron chi connectivity index (χ0n) is 7.84. The van der Waals surface area contributed by atoms with Crippen molar-refractivity contribution in [3.63, 3.8) is 0 Å². The molecule has 0 radical (unpaired) electrons. The van der Waals surface area contributed by atoms with E-state index in [0.29, 0.717) is 10.9 Å². The van der Waals surface area contributed by atoms with Gasteiger partial charge in [0.2, 0.25) is 5.39 Å². The second kappa shape index (κ2) is 3.36. The molecule has 1 aromatic heterocycles. The van der Waals surface area contributed by atoms with Crippen molar-refractivity contribution >= 4 is 16.6 Å². The van der Waals surface area contributed by atoms with Gasteiger partial charge in [-0.2, -0.15) is 0 Å². The molecule has 0 atom stereocenters. The van der Waals surface area contributed by atoms with Gasteiger partial charge in [0.05, 0.1) is 23.3 Å². The smallest absolute Gasteiger partial charge is 0.402 e. The monoisotopic (exact) mass is 197 g/mol. The van der Waals surface area contributed by atoms with Gasteiger partial charge < -0.3 is 9.67 Å². The molecule has 1 heterocycles. The summed E-state index contributed by atoms with van der Waals surface area (Å²) in [5.41, 5.74) is 0.731. The lowest BCUT2D eigenvalue weighted by atomic mass is 10.2. The van der Waals surface area contributed by atoms with Crippen LogP contribution < -0.4 is 5.11 Å². The Balaban J connectivity index is 2.87. The predicted molar refractivity (Wildman–Crippen MR) is 55.0 cm³/mol. The molecule has 2 rings (SSSR count). The molecular weight excluding hydrogens is 190 g/mol. The normalized spacial score (nSPS) is 9.73. The van der Waals surface area contributed by atoms with Crippen LogP contribution in [0.25, 0.3) is 15.9 Å². The van der Waals surface area contributed by atoms with Gasteiger partial charge in [-0.15, -0.1) is 6.42 Å². The SMILES string of the molecule is C#CCn1c([O-])c([N+]#N)c2ccccc21. The Bertz CT molecular complexity index is 599. The van der Waals surface area contributed by atoms with Crippen molar-refractivity contribution in [1.82, 2.24) is 4.57 Å². The third-order valence-corrected chi connectivity index (χ3v) is 2.25. The number of terminal acetylenes is 1. The maximum absolute atomic E-state index is 11.7. The van der Waals surface area contributed by atoms with Crippen molar-refractivity contribution in [2.45, 2.75) is 6.54 Å². The van der Waals surface area contributed by atoms with Crippen LogP contribution in [0.3, 0.4) is 0 Å². The minimum Gasteiger partial charge on any atom is -0.854 e. The number of benzene rings is 1. The molecule has 0 bridgehead atoms. The fourth-order valence-corrected chi connectivity index (χ4v) is 1.61. The van der Waals surface area contributed by atoms with Gasteiger partial charge in [-0.25, -0.2) is 0 Å². The van der Waals surface area contributed by atoms with E-state index >= 15 is 0 Å². The average molecular weight is 197 g/mol. The first-order valence-electron chi connectivity index (χ1n) is 4.36. The maximum Gasteiger partial charge on any atom is 0.402 e. The van der Waals surface area contributed by atoms with Crippen LogP contribution in [0.2, 0.25) is 0 Å². The van der Waals surface area contributed by atoms with Crippen molar-refractivity contribution in [3.05, 3.63) is 29.2 Å². The Morgan fingerprint density at radius 1 is 1.47 bits per heavy atom. The lowest BCUT2D eigenvalue weighted by Gasteiger charge is -2.06. The fraction of sp³-hybridized carbons (Fsp3) is 0.0909. The molecule has 0 amide bonds. The highest BCUT2D eigenvalue weighted by Crippen LogP contribution is 2.36. The molecule has 0 aliphatic heterocycles. The molecule has 0 spiro atoms. The number of fused-ring (bicyclic) bond motifs is 1. The zero-order valence-corrected chi connectivity index (χ0v) is 7.84. The molecule has 4 heteroatoms. The van der Waals surface area contributed by atoms with Gasteiger partial charge in [0.1, 0.15) is 0 Å². The Hall–Kier alpha value is -2.46. The van der Waals surface area contributed by atoms with E-state index < -0.39 is 0 Å². The number of para-hydroxylation sites is 1. The number of rotatable bonds is 1. The summed E-state index contributed by atoms with van der Waals surface area (Å²) in [5.74, 6) is 2.03. The van der Waals surface area contributed by atoms with Crippen LogP contribution in [0.15, 0.2) is 24.3 Å². The molecule has 0 aliphatic rings. The van der Waals surface area contributed by atoms with Gasteiger partial charge in [-0.1, -0.05) is 18.1 Å². The number of hydrogen-bond donors (Lipinski definition) is 0. The molecule has 2 aromatic rings. The molecule has 0 saturated heterocycles. The number of diazo groups is 1. The van der Waals surface area contributed by atoms with Crippen LogP contribution in [0.1, 0.15) is 0 Å². The summed E-state index contributed by atoms with van der Waals surface area (Å²) < 4.78 is 1.41. The first-order valence-corrected chi connectivity index (χ1v) is 4.36. The van der Waals surface area contributed by atoms with Gasteiger partial charge in [-0.05, 0) is 12.1 Å². The molecular formula is C11H7N3O. The third kappa shape index (κ3) is 1.20. The molecule has 0 N–H and O–H groups in total. The van der Waals surface area contributed by atoms with Crippen LogP contribution in [-0.2, 0) is 6.54 Å². The standard InChI is InChI=1S/C11H7N3O/c1-2-7-14-9-6-4-3-5-8(9)10(13-12)11(14)15/h1,3-6H,7H2. The minimum atomic E-state index is -0.364. The van der Waals surface area contributed by atoms with Gasteiger partial charge in [0, 0.05) is 0 Å². The van der Waals surface area contributed by atoms with E-state index in [1.165, 1.54) is 4.57 Å². The summed E-state index contributed by atoms with van der Waals surface area (Å²) in [4.78, 5) is 3.00. The predicted octanol–water partition coefficient (Wildman–Crippen LogP) is 1.83.